The lowest BCUT2D eigenvalue weighted by Crippen LogP contribution is -2.00. The van der Waals surface area contributed by atoms with Crippen LogP contribution in [-0.2, 0) is 4.74 Å². The smallest absolute Gasteiger partial charge is 0.216 e. The van der Waals surface area contributed by atoms with Crippen LogP contribution in [0.3, 0.4) is 0 Å². The van der Waals surface area contributed by atoms with Crippen molar-refractivity contribution >= 4 is 40.1 Å². The fourth-order valence-electron chi connectivity index (χ4n) is 1.14. The van der Waals surface area contributed by atoms with Crippen LogP contribution in [0, 0.1) is 3.57 Å². The molecule has 68 valence electrons. The highest BCUT2D eigenvalue weighted by molar-refractivity contribution is 14.1. The minimum atomic E-state index is 0.680. The highest BCUT2D eigenvalue weighted by Crippen LogP contribution is 2.20. The van der Waals surface area contributed by atoms with Crippen molar-refractivity contribution in [2.45, 2.75) is 0 Å². The van der Waals surface area contributed by atoms with E-state index >= 15 is 0 Å². The van der Waals surface area contributed by atoms with E-state index in [1.165, 1.54) is 0 Å². The second-order valence-electron chi connectivity index (χ2n) is 2.66. The quantitative estimate of drug-likeness (QED) is 0.731. The summed E-state index contributed by atoms with van der Waals surface area (Å²) in [7, 11) is 0. The molecular weight excluding hydrogens is 300 g/mol. The highest BCUT2D eigenvalue weighted by Gasteiger charge is 2.10. The Morgan fingerprint density at radius 1 is 1.46 bits per heavy atom. The first-order valence-electron chi connectivity index (χ1n) is 3.90. The molecule has 0 N–H and O–H groups in total. The van der Waals surface area contributed by atoms with Crippen LogP contribution in [-0.4, -0.2) is 19.0 Å². The van der Waals surface area contributed by atoms with Gasteiger partial charge >= 0.3 is 0 Å². The summed E-state index contributed by atoms with van der Waals surface area (Å²) in [5.41, 5.74) is 0.961. The van der Waals surface area contributed by atoms with Crippen LogP contribution >= 0.6 is 34.2 Å². The Morgan fingerprint density at radius 2 is 2.31 bits per heavy atom. The van der Waals surface area contributed by atoms with Crippen LogP contribution in [0.15, 0.2) is 23.2 Å². The summed E-state index contributed by atoms with van der Waals surface area (Å²) in [6, 6.07) is 5.81. The second-order valence-corrected chi connectivity index (χ2v) is 4.23. The van der Waals surface area contributed by atoms with E-state index in [4.69, 9.17) is 16.3 Å². The van der Waals surface area contributed by atoms with Crippen LogP contribution in [0.4, 0.5) is 0 Å². The van der Waals surface area contributed by atoms with Gasteiger partial charge in [-0.3, -0.25) is 0 Å². The molecule has 1 heterocycles. The van der Waals surface area contributed by atoms with Crippen LogP contribution in [0.25, 0.3) is 0 Å². The lowest BCUT2D eigenvalue weighted by molar-refractivity contribution is 0.348. The maximum absolute atomic E-state index is 5.97. The van der Waals surface area contributed by atoms with Gasteiger partial charge in [-0.05, 0) is 40.8 Å². The molecule has 2 nitrogen and oxygen atoms in total. The number of ether oxygens (including phenoxy) is 1. The van der Waals surface area contributed by atoms with Gasteiger partial charge in [0.25, 0.3) is 0 Å². The SMILES string of the molecule is Clc1cc(C2=NCCO2)ccc1I. The van der Waals surface area contributed by atoms with Crippen molar-refractivity contribution in [3.63, 3.8) is 0 Å². The molecule has 0 bridgehead atoms. The number of hydrogen-bond acceptors (Lipinski definition) is 2. The van der Waals surface area contributed by atoms with Gasteiger partial charge in [0.1, 0.15) is 6.61 Å². The molecule has 1 aromatic carbocycles. The molecule has 0 saturated heterocycles. The van der Waals surface area contributed by atoms with Crippen LogP contribution in [0.5, 0.6) is 0 Å². The van der Waals surface area contributed by atoms with Gasteiger partial charge in [-0.2, -0.15) is 0 Å². The average Bonchev–Trinajstić information content (AvgIpc) is 2.62. The van der Waals surface area contributed by atoms with E-state index in [2.05, 4.69) is 27.6 Å². The van der Waals surface area contributed by atoms with E-state index in [0.29, 0.717) is 12.5 Å². The van der Waals surface area contributed by atoms with Crippen molar-refractivity contribution in [1.29, 1.82) is 0 Å². The Labute approximate surface area is 95.1 Å². The van der Waals surface area contributed by atoms with Gasteiger partial charge in [-0.25, -0.2) is 4.99 Å². The molecule has 1 aliphatic heterocycles. The van der Waals surface area contributed by atoms with Gasteiger partial charge in [0.05, 0.1) is 11.6 Å². The van der Waals surface area contributed by atoms with E-state index < -0.39 is 0 Å². The molecule has 0 unspecified atom stereocenters. The monoisotopic (exact) mass is 307 g/mol. The largest absolute Gasteiger partial charge is 0.476 e. The van der Waals surface area contributed by atoms with Gasteiger partial charge in [-0.15, -0.1) is 0 Å². The summed E-state index contributed by atoms with van der Waals surface area (Å²) in [4.78, 5) is 4.21. The highest BCUT2D eigenvalue weighted by atomic mass is 127. The molecule has 1 aliphatic rings. The first-order chi connectivity index (χ1) is 6.27. The van der Waals surface area contributed by atoms with E-state index in [-0.39, 0.29) is 0 Å². The van der Waals surface area contributed by atoms with Gasteiger partial charge in [0, 0.05) is 9.13 Å². The first-order valence-corrected chi connectivity index (χ1v) is 5.36. The number of aliphatic imine (C=N–C) groups is 1. The standard InChI is InChI=1S/C9H7ClINO/c10-7-5-6(1-2-8(7)11)9-12-3-4-13-9/h1-2,5H,3-4H2. The normalized spacial score (nSPS) is 15.4. The van der Waals surface area contributed by atoms with Crippen LogP contribution in [0.2, 0.25) is 5.02 Å². The topological polar surface area (TPSA) is 21.6 Å². The molecule has 0 radical (unpaired) electrons. The third kappa shape index (κ3) is 1.96. The second kappa shape index (κ2) is 3.84. The fraction of sp³-hybridized carbons (Fsp3) is 0.222. The van der Waals surface area contributed by atoms with Gasteiger partial charge in [-0.1, -0.05) is 11.6 Å². The van der Waals surface area contributed by atoms with Crippen molar-refractivity contribution in [2.75, 3.05) is 13.2 Å². The molecule has 0 saturated carbocycles. The minimum absolute atomic E-state index is 0.680. The molecule has 0 amide bonds. The Bertz CT molecular complexity index is 365. The van der Waals surface area contributed by atoms with E-state index in [1.807, 2.05) is 18.2 Å². The van der Waals surface area contributed by atoms with Gasteiger partial charge in [0.2, 0.25) is 5.90 Å². The van der Waals surface area contributed by atoms with E-state index in [1.54, 1.807) is 0 Å². The molecule has 0 aliphatic carbocycles. The molecule has 2 rings (SSSR count). The number of benzene rings is 1. The zero-order valence-corrected chi connectivity index (χ0v) is 9.67. The Balaban J connectivity index is 2.36. The van der Waals surface area contributed by atoms with Crippen LogP contribution in [0.1, 0.15) is 5.56 Å². The van der Waals surface area contributed by atoms with Crippen molar-refractivity contribution < 1.29 is 4.74 Å². The molecular formula is C9H7ClINO. The maximum Gasteiger partial charge on any atom is 0.216 e. The fourth-order valence-corrected chi connectivity index (χ4v) is 1.65. The summed E-state index contributed by atoms with van der Waals surface area (Å²) >= 11 is 8.17. The Kier molecular flexibility index (Phi) is 2.74. The summed E-state index contributed by atoms with van der Waals surface area (Å²) in [6.45, 7) is 1.43. The lowest BCUT2D eigenvalue weighted by atomic mass is 10.2. The number of rotatable bonds is 1. The molecule has 0 spiro atoms. The van der Waals surface area contributed by atoms with E-state index in [0.717, 1.165) is 20.7 Å². The molecule has 0 fully saturated rings. The predicted molar refractivity (Wildman–Crippen MR) is 61.5 cm³/mol. The third-order valence-corrected chi connectivity index (χ3v) is 3.32. The van der Waals surface area contributed by atoms with Crippen molar-refractivity contribution in [1.82, 2.24) is 0 Å². The predicted octanol–water partition coefficient (Wildman–Crippen LogP) is 2.72. The first kappa shape index (κ1) is 9.27. The Hall–Kier alpha value is -0.290. The maximum atomic E-state index is 5.97. The number of hydrogen-bond donors (Lipinski definition) is 0. The molecule has 0 aromatic heterocycles. The third-order valence-electron chi connectivity index (χ3n) is 1.75. The van der Waals surface area contributed by atoms with Gasteiger partial charge in [0.15, 0.2) is 0 Å². The summed E-state index contributed by atoms with van der Waals surface area (Å²) in [5.74, 6) is 0.707. The van der Waals surface area contributed by atoms with Gasteiger partial charge < -0.3 is 4.74 Å². The van der Waals surface area contributed by atoms with Crippen molar-refractivity contribution in [3.05, 3.63) is 32.4 Å². The minimum Gasteiger partial charge on any atom is -0.476 e. The molecule has 1 aromatic rings. The lowest BCUT2D eigenvalue weighted by Gasteiger charge is -2.02. The molecule has 13 heavy (non-hydrogen) atoms. The van der Waals surface area contributed by atoms with Crippen molar-refractivity contribution in [3.8, 4) is 0 Å². The zero-order chi connectivity index (χ0) is 9.26. The average molecular weight is 308 g/mol. The summed E-state index contributed by atoms with van der Waals surface area (Å²) in [5, 5.41) is 0.747. The summed E-state index contributed by atoms with van der Waals surface area (Å²) < 4.78 is 6.37. The zero-order valence-electron chi connectivity index (χ0n) is 6.76. The van der Waals surface area contributed by atoms with Crippen LogP contribution < -0.4 is 0 Å². The number of halogens is 2. The van der Waals surface area contributed by atoms with E-state index in [9.17, 15) is 0 Å². The molecule has 4 heteroatoms. The summed E-state index contributed by atoms with van der Waals surface area (Å²) in [6.07, 6.45) is 0. The van der Waals surface area contributed by atoms with Crippen molar-refractivity contribution in [2.24, 2.45) is 4.99 Å². The molecule has 0 atom stereocenters. The number of nitrogens with zero attached hydrogens (tertiary/aromatic N) is 1. The Morgan fingerprint density at radius 3 is 2.92 bits per heavy atom.